The summed E-state index contributed by atoms with van der Waals surface area (Å²) in [6.07, 6.45) is 1.14. The van der Waals surface area contributed by atoms with E-state index in [9.17, 15) is 14.4 Å². The molecule has 0 aromatic heterocycles. The Hall–Kier alpha value is -2.86. The number of carbonyl (C=O) groups is 3. The summed E-state index contributed by atoms with van der Waals surface area (Å²) in [5, 5.41) is 3.30. The molecule has 0 aliphatic carbocycles. The molecule has 29 heavy (non-hydrogen) atoms. The first kappa shape index (κ1) is 20.9. The van der Waals surface area contributed by atoms with Crippen LogP contribution in [0.2, 0.25) is 5.02 Å². The highest BCUT2D eigenvalue weighted by Crippen LogP contribution is 2.30. The van der Waals surface area contributed by atoms with Gasteiger partial charge in [-0.05, 0) is 42.2 Å². The maximum Gasteiger partial charge on any atom is 0.313 e. The lowest BCUT2D eigenvalue weighted by molar-refractivity contribution is -0.148. The van der Waals surface area contributed by atoms with Gasteiger partial charge in [-0.2, -0.15) is 0 Å². The molecule has 0 spiro atoms. The first-order chi connectivity index (χ1) is 13.9. The number of rotatable bonds is 7. The standard InChI is InChI=1S/C22H22ClNO5/c1-14(25)24-9-8-15-2-4-16(5-3-15)20(26)13-29-22(27)18-10-17-11-19(23)6-7-21(17)28-12-18/h2-7,11,18H,8-10,12-13H2,1H3,(H,24,25)/t18-/m1/s1. The zero-order chi connectivity index (χ0) is 20.8. The number of benzene rings is 2. The normalized spacial score (nSPS) is 15.0. The van der Waals surface area contributed by atoms with Crippen molar-refractivity contribution in [1.29, 1.82) is 0 Å². The van der Waals surface area contributed by atoms with Crippen molar-refractivity contribution in [3.63, 3.8) is 0 Å². The van der Waals surface area contributed by atoms with Gasteiger partial charge in [0.1, 0.15) is 12.4 Å². The van der Waals surface area contributed by atoms with Gasteiger partial charge in [0.05, 0.1) is 5.92 Å². The van der Waals surface area contributed by atoms with Crippen LogP contribution in [-0.4, -0.2) is 37.4 Å². The van der Waals surface area contributed by atoms with Crippen LogP contribution in [0, 0.1) is 5.92 Å². The van der Waals surface area contributed by atoms with Crippen LogP contribution in [0.3, 0.4) is 0 Å². The van der Waals surface area contributed by atoms with Crippen molar-refractivity contribution in [3.8, 4) is 5.75 Å². The molecule has 7 heteroatoms. The molecule has 1 amide bonds. The Bertz CT molecular complexity index is 910. The van der Waals surface area contributed by atoms with Crippen LogP contribution in [-0.2, 0) is 27.2 Å². The fourth-order valence-corrected chi connectivity index (χ4v) is 3.29. The predicted octanol–water partition coefficient (Wildman–Crippen LogP) is 3.00. The van der Waals surface area contributed by atoms with Crippen molar-refractivity contribution >= 4 is 29.3 Å². The number of ketones is 1. The van der Waals surface area contributed by atoms with E-state index >= 15 is 0 Å². The second-order valence-electron chi connectivity index (χ2n) is 6.92. The molecule has 0 fully saturated rings. The molecule has 1 atom stereocenters. The van der Waals surface area contributed by atoms with Crippen LogP contribution in [0.15, 0.2) is 42.5 Å². The minimum absolute atomic E-state index is 0.0754. The highest BCUT2D eigenvalue weighted by Gasteiger charge is 2.28. The lowest BCUT2D eigenvalue weighted by Gasteiger charge is -2.24. The van der Waals surface area contributed by atoms with Gasteiger partial charge in [-0.3, -0.25) is 14.4 Å². The van der Waals surface area contributed by atoms with Gasteiger partial charge in [-0.1, -0.05) is 35.9 Å². The third kappa shape index (κ3) is 5.81. The number of halogens is 1. The van der Waals surface area contributed by atoms with Crippen molar-refractivity contribution in [1.82, 2.24) is 5.32 Å². The van der Waals surface area contributed by atoms with Crippen LogP contribution in [0.4, 0.5) is 0 Å². The molecular weight excluding hydrogens is 394 g/mol. The van der Waals surface area contributed by atoms with E-state index in [0.29, 0.717) is 35.7 Å². The van der Waals surface area contributed by atoms with Gasteiger partial charge < -0.3 is 14.8 Å². The molecule has 0 saturated carbocycles. The van der Waals surface area contributed by atoms with Crippen molar-refractivity contribution in [2.24, 2.45) is 5.92 Å². The van der Waals surface area contributed by atoms with Gasteiger partial charge in [0.2, 0.25) is 5.91 Å². The molecule has 1 aliphatic rings. The Morgan fingerprint density at radius 1 is 1.17 bits per heavy atom. The summed E-state index contributed by atoms with van der Waals surface area (Å²) in [5.74, 6) is -0.561. The lowest BCUT2D eigenvalue weighted by Crippen LogP contribution is -2.31. The Balaban J connectivity index is 1.49. The van der Waals surface area contributed by atoms with E-state index in [1.54, 1.807) is 30.3 Å². The van der Waals surface area contributed by atoms with Crippen molar-refractivity contribution in [2.45, 2.75) is 19.8 Å². The number of esters is 1. The number of Topliss-reactive ketones (excluding diaryl/α,β-unsaturated/α-hetero) is 1. The largest absolute Gasteiger partial charge is 0.492 e. The molecular formula is C22H22ClNO5. The van der Waals surface area contributed by atoms with Crippen molar-refractivity contribution in [2.75, 3.05) is 19.8 Å². The fourth-order valence-electron chi connectivity index (χ4n) is 3.09. The minimum atomic E-state index is -0.468. The zero-order valence-corrected chi connectivity index (χ0v) is 16.8. The quantitative estimate of drug-likeness (QED) is 0.555. The van der Waals surface area contributed by atoms with E-state index in [1.807, 2.05) is 12.1 Å². The Morgan fingerprint density at radius 3 is 2.66 bits per heavy atom. The van der Waals surface area contributed by atoms with E-state index in [4.69, 9.17) is 21.1 Å². The molecule has 6 nitrogen and oxygen atoms in total. The molecule has 1 N–H and O–H groups in total. The SMILES string of the molecule is CC(=O)NCCc1ccc(C(=O)COC(=O)[C@H]2COc3ccc(Cl)cc3C2)cc1. The maximum absolute atomic E-state index is 12.3. The topological polar surface area (TPSA) is 81.7 Å². The summed E-state index contributed by atoms with van der Waals surface area (Å²) >= 11 is 5.99. The van der Waals surface area contributed by atoms with Gasteiger partial charge in [-0.25, -0.2) is 0 Å². The Labute approximate surface area is 174 Å². The van der Waals surface area contributed by atoms with E-state index in [1.165, 1.54) is 6.92 Å². The van der Waals surface area contributed by atoms with E-state index in [2.05, 4.69) is 5.32 Å². The van der Waals surface area contributed by atoms with Crippen molar-refractivity contribution in [3.05, 3.63) is 64.2 Å². The van der Waals surface area contributed by atoms with Gasteiger partial charge in [0.15, 0.2) is 12.4 Å². The summed E-state index contributed by atoms with van der Waals surface area (Å²) in [4.78, 5) is 35.5. The van der Waals surface area contributed by atoms with Crippen LogP contribution in [0.1, 0.15) is 28.4 Å². The molecule has 0 radical (unpaired) electrons. The number of amides is 1. The summed E-state index contributed by atoms with van der Waals surface area (Å²) < 4.78 is 10.8. The second-order valence-corrected chi connectivity index (χ2v) is 7.36. The molecule has 152 valence electrons. The number of fused-ring (bicyclic) bond motifs is 1. The second kappa shape index (κ2) is 9.56. The number of nitrogens with one attached hydrogen (secondary N) is 1. The molecule has 1 aliphatic heterocycles. The number of hydrogen-bond acceptors (Lipinski definition) is 5. The van der Waals surface area contributed by atoms with Gasteiger partial charge >= 0.3 is 5.97 Å². The van der Waals surface area contributed by atoms with Crippen LogP contribution in [0.5, 0.6) is 5.75 Å². The summed E-state index contributed by atoms with van der Waals surface area (Å²) in [7, 11) is 0. The molecule has 2 aromatic rings. The molecule has 3 rings (SSSR count). The van der Waals surface area contributed by atoms with Crippen LogP contribution >= 0.6 is 11.6 Å². The molecule has 0 unspecified atom stereocenters. The lowest BCUT2D eigenvalue weighted by atomic mass is 9.97. The Kier molecular flexibility index (Phi) is 6.88. The third-order valence-electron chi connectivity index (χ3n) is 4.67. The van der Waals surface area contributed by atoms with E-state index in [-0.39, 0.29) is 24.9 Å². The highest BCUT2D eigenvalue weighted by molar-refractivity contribution is 6.30. The first-order valence-electron chi connectivity index (χ1n) is 9.37. The molecule has 0 bridgehead atoms. The number of carbonyl (C=O) groups excluding carboxylic acids is 3. The first-order valence-corrected chi connectivity index (χ1v) is 9.74. The van der Waals surface area contributed by atoms with E-state index in [0.717, 1.165) is 11.1 Å². The minimum Gasteiger partial charge on any atom is -0.492 e. The zero-order valence-electron chi connectivity index (χ0n) is 16.1. The summed E-state index contributed by atoms with van der Waals surface area (Å²) in [6.45, 7) is 1.90. The third-order valence-corrected chi connectivity index (χ3v) is 4.91. The predicted molar refractivity (Wildman–Crippen MR) is 108 cm³/mol. The van der Waals surface area contributed by atoms with Gasteiger partial charge in [-0.15, -0.1) is 0 Å². The Morgan fingerprint density at radius 2 is 1.93 bits per heavy atom. The highest BCUT2D eigenvalue weighted by atomic mass is 35.5. The van der Waals surface area contributed by atoms with Gasteiger partial charge in [0, 0.05) is 24.1 Å². The molecule has 1 heterocycles. The van der Waals surface area contributed by atoms with Crippen molar-refractivity contribution < 1.29 is 23.9 Å². The fraction of sp³-hybridized carbons (Fsp3) is 0.318. The molecule has 0 saturated heterocycles. The van der Waals surface area contributed by atoms with Crippen LogP contribution in [0.25, 0.3) is 0 Å². The summed E-state index contributed by atoms with van der Waals surface area (Å²) in [6, 6.07) is 12.3. The number of hydrogen-bond donors (Lipinski definition) is 1. The average Bonchev–Trinajstić information content (AvgIpc) is 2.71. The smallest absolute Gasteiger partial charge is 0.313 e. The van der Waals surface area contributed by atoms with Gasteiger partial charge in [0.25, 0.3) is 0 Å². The molecule has 2 aromatic carbocycles. The van der Waals surface area contributed by atoms with Crippen LogP contribution < -0.4 is 10.1 Å². The number of ether oxygens (including phenoxy) is 2. The maximum atomic E-state index is 12.3. The summed E-state index contributed by atoms with van der Waals surface area (Å²) in [5.41, 5.74) is 2.33. The van der Waals surface area contributed by atoms with E-state index < -0.39 is 11.9 Å². The average molecular weight is 416 g/mol. The monoisotopic (exact) mass is 415 g/mol.